The van der Waals surface area contributed by atoms with E-state index in [4.69, 9.17) is 9.57 Å². The smallest absolute Gasteiger partial charge is 0.322 e. The van der Waals surface area contributed by atoms with Crippen LogP contribution in [0.4, 0.5) is 14.9 Å². The lowest BCUT2D eigenvalue weighted by Crippen LogP contribution is -2.40. The molecular formula is C25H24FN3O3. The first-order chi connectivity index (χ1) is 15.6. The minimum Gasteiger partial charge on any atom is -0.496 e. The van der Waals surface area contributed by atoms with Crippen molar-refractivity contribution < 1.29 is 18.8 Å². The number of carbonyl (C=O) groups is 1. The first-order valence-electron chi connectivity index (χ1n) is 10.3. The molecule has 1 aliphatic heterocycles. The SMILES string of the molecule is COc1ccccc1C1=NOC(CN(Cc2ccccc2)C(=O)Nc2cccc(F)c2)C1. The van der Waals surface area contributed by atoms with Crippen molar-refractivity contribution in [1.82, 2.24) is 4.90 Å². The van der Waals surface area contributed by atoms with E-state index in [0.717, 1.165) is 22.6 Å². The lowest BCUT2D eigenvalue weighted by atomic mass is 10.0. The number of nitrogens with zero attached hydrogens (tertiary/aromatic N) is 2. The van der Waals surface area contributed by atoms with Gasteiger partial charge in [-0.2, -0.15) is 0 Å². The van der Waals surface area contributed by atoms with Gasteiger partial charge in [0.05, 0.1) is 19.4 Å². The van der Waals surface area contributed by atoms with Gasteiger partial charge in [0.25, 0.3) is 0 Å². The summed E-state index contributed by atoms with van der Waals surface area (Å²) in [5.41, 5.74) is 3.02. The van der Waals surface area contributed by atoms with Crippen molar-refractivity contribution in [3.8, 4) is 5.75 Å². The van der Waals surface area contributed by atoms with Crippen LogP contribution in [0.5, 0.6) is 5.75 Å². The topological polar surface area (TPSA) is 63.2 Å². The normalized spacial score (nSPS) is 14.9. The number of ether oxygens (including phenoxy) is 1. The van der Waals surface area contributed by atoms with Crippen LogP contribution in [-0.2, 0) is 11.4 Å². The summed E-state index contributed by atoms with van der Waals surface area (Å²) >= 11 is 0. The van der Waals surface area contributed by atoms with Gasteiger partial charge in [-0.3, -0.25) is 0 Å². The highest BCUT2D eigenvalue weighted by Gasteiger charge is 2.28. The Morgan fingerprint density at radius 1 is 1.12 bits per heavy atom. The Balaban J connectivity index is 1.47. The molecule has 0 saturated heterocycles. The van der Waals surface area contributed by atoms with E-state index in [1.54, 1.807) is 24.1 Å². The fraction of sp³-hybridized carbons (Fsp3) is 0.200. The molecule has 0 radical (unpaired) electrons. The summed E-state index contributed by atoms with van der Waals surface area (Å²) < 4.78 is 19.0. The van der Waals surface area contributed by atoms with Gasteiger partial charge in [-0.1, -0.05) is 53.7 Å². The van der Waals surface area contributed by atoms with E-state index in [0.29, 0.717) is 25.2 Å². The second-order valence-corrected chi connectivity index (χ2v) is 7.48. The molecule has 1 aliphatic rings. The molecular weight excluding hydrogens is 409 g/mol. The summed E-state index contributed by atoms with van der Waals surface area (Å²) in [7, 11) is 1.62. The number of urea groups is 1. The molecule has 1 heterocycles. The van der Waals surface area contributed by atoms with E-state index in [2.05, 4.69) is 10.5 Å². The van der Waals surface area contributed by atoms with Gasteiger partial charge in [0.2, 0.25) is 0 Å². The Labute approximate surface area is 186 Å². The highest BCUT2D eigenvalue weighted by Crippen LogP contribution is 2.25. The van der Waals surface area contributed by atoms with E-state index in [9.17, 15) is 9.18 Å². The molecule has 1 N–H and O–H groups in total. The first kappa shape index (κ1) is 21.4. The Hall–Kier alpha value is -3.87. The minimum absolute atomic E-state index is 0.308. The Morgan fingerprint density at radius 3 is 2.69 bits per heavy atom. The molecule has 1 atom stereocenters. The maximum Gasteiger partial charge on any atom is 0.322 e. The van der Waals surface area contributed by atoms with Crippen molar-refractivity contribution in [2.75, 3.05) is 19.0 Å². The summed E-state index contributed by atoms with van der Waals surface area (Å²) in [4.78, 5) is 20.3. The molecule has 164 valence electrons. The molecule has 7 heteroatoms. The molecule has 0 fully saturated rings. The summed E-state index contributed by atoms with van der Waals surface area (Å²) in [6, 6.07) is 22.8. The van der Waals surface area contributed by atoms with Gasteiger partial charge in [0, 0.05) is 24.2 Å². The van der Waals surface area contributed by atoms with Crippen LogP contribution >= 0.6 is 0 Å². The molecule has 32 heavy (non-hydrogen) atoms. The lowest BCUT2D eigenvalue weighted by molar-refractivity contribution is 0.0608. The summed E-state index contributed by atoms with van der Waals surface area (Å²) in [5, 5.41) is 7.01. The number of methoxy groups -OCH3 is 1. The zero-order chi connectivity index (χ0) is 22.3. The van der Waals surface area contributed by atoms with Gasteiger partial charge in [0.1, 0.15) is 11.6 Å². The van der Waals surface area contributed by atoms with Gasteiger partial charge in [-0.15, -0.1) is 0 Å². The number of halogens is 1. The van der Waals surface area contributed by atoms with Gasteiger partial charge >= 0.3 is 6.03 Å². The fourth-order valence-electron chi connectivity index (χ4n) is 3.61. The second kappa shape index (κ2) is 9.96. The molecule has 0 aromatic heterocycles. The number of hydrogen-bond donors (Lipinski definition) is 1. The summed E-state index contributed by atoms with van der Waals surface area (Å²) in [6.07, 6.45) is 0.232. The Bertz CT molecular complexity index is 1100. The zero-order valence-electron chi connectivity index (χ0n) is 17.7. The third-order valence-electron chi connectivity index (χ3n) is 5.15. The maximum atomic E-state index is 13.5. The van der Waals surface area contributed by atoms with Crippen LogP contribution in [0.2, 0.25) is 0 Å². The number of para-hydroxylation sites is 1. The summed E-state index contributed by atoms with van der Waals surface area (Å²) in [6.45, 7) is 0.698. The van der Waals surface area contributed by atoms with E-state index >= 15 is 0 Å². The Morgan fingerprint density at radius 2 is 1.91 bits per heavy atom. The monoisotopic (exact) mass is 433 g/mol. The number of amides is 2. The third kappa shape index (κ3) is 5.24. The average molecular weight is 433 g/mol. The van der Waals surface area contributed by atoms with E-state index in [1.165, 1.54) is 12.1 Å². The number of benzene rings is 3. The highest BCUT2D eigenvalue weighted by atomic mass is 19.1. The highest BCUT2D eigenvalue weighted by molar-refractivity contribution is 6.03. The maximum absolute atomic E-state index is 13.5. The minimum atomic E-state index is -0.411. The number of anilines is 1. The predicted molar refractivity (Wildman–Crippen MR) is 121 cm³/mol. The number of nitrogens with one attached hydrogen (secondary N) is 1. The molecule has 3 aromatic carbocycles. The number of oxime groups is 1. The van der Waals surface area contributed by atoms with Crippen LogP contribution in [0.3, 0.4) is 0 Å². The molecule has 0 aliphatic carbocycles. The van der Waals surface area contributed by atoms with Crippen LogP contribution in [0.1, 0.15) is 17.5 Å². The van der Waals surface area contributed by atoms with Crippen LogP contribution in [0.15, 0.2) is 84.0 Å². The molecule has 0 bridgehead atoms. The molecule has 0 spiro atoms. The second-order valence-electron chi connectivity index (χ2n) is 7.48. The lowest BCUT2D eigenvalue weighted by Gasteiger charge is -2.25. The van der Waals surface area contributed by atoms with Gasteiger partial charge in [-0.05, 0) is 35.9 Å². The quantitative estimate of drug-likeness (QED) is 0.566. The fourth-order valence-corrected chi connectivity index (χ4v) is 3.61. The number of rotatable bonds is 7. The van der Waals surface area contributed by atoms with E-state index in [-0.39, 0.29) is 12.1 Å². The summed E-state index contributed by atoms with van der Waals surface area (Å²) in [5.74, 6) is 0.312. The predicted octanol–water partition coefficient (Wildman–Crippen LogP) is 5.06. The largest absolute Gasteiger partial charge is 0.496 e. The number of carbonyl (C=O) groups excluding carboxylic acids is 1. The van der Waals surface area contributed by atoms with Crippen LogP contribution < -0.4 is 10.1 Å². The van der Waals surface area contributed by atoms with Gasteiger partial charge in [0.15, 0.2) is 6.10 Å². The van der Waals surface area contributed by atoms with Crippen molar-refractivity contribution in [3.63, 3.8) is 0 Å². The van der Waals surface area contributed by atoms with Crippen molar-refractivity contribution in [3.05, 3.63) is 95.8 Å². The molecule has 4 rings (SSSR count). The van der Waals surface area contributed by atoms with Crippen molar-refractivity contribution in [1.29, 1.82) is 0 Å². The van der Waals surface area contributed by atoms with Crippen LogP contribution in [0.25, 0.3) is 0 Å². The standard InChI is InChI=1S/C25H24FN3O3/c1-31-24-13-6-5-12-22(24)23-15-21(32-28-23)17-29(16-18-8-3-2-4-9-18)25(30)27-20-11-7-10-19(26)14-20/h2-14,21H,15-17H2,1H3,(H,27,30). The molecule has 3 aromatic rings. The molecule has 2 amide bonds. The van der Waals surface area contributed by atoms with Crippen molar-refractivity contribution in [2.24, 2.45) is 5.16 Å². The van der Waals surface area contributed by atoms with Crippen LogP contribution in [-0.4, -0.2) is 36.4 Å². The molecule has 0 saturated carbocycles. The van der Waals surface area contributed by atoms with Crippen LogP contribution in [0, 0.1) is 5.82 Å². The average Bonchev–Trinajstić information content (AvgIpc) is 3.27. The molecule has 1 unspecified atom stereocenters. The first-order valence-corrected chi connectivity index (χ1v) is 10.3. The van der Waals surface area contributed by atoms with Gasteiger partial charge < -0.3 is 19.8 Å². The third-order valence-corrected chi connectivity index (χ3v) is 5.15. The van der Waals surface area contributed by atoms with Crippen molar-refractivity contribution >= 4 is 17.4 Å². The number of hydrogen-bond acceptors (Lipinski definition) is 4. The van der Waals surface area contributed by atoms with E-state index in [1.807, 2.05) is 54.6 Å². The zero-order valence-corrected chi connectivity index (χ0v) is 17.7. The van der Waals surface area contributed by atoms with Crippen molar-refractivity contribution in [2.45, 2.75) is 19.1 Å². The van der Waals surface area contributed by atoms with Gasteiger partial charge in [-0.25, -0.2) is 9.18 Å². The molecule has 6 nitrogen and oxygen atoms in total. The Kier molecular flexibility index (Phi) is 6.65. The van der Waals surface area contributed by atoms with E-state index < -0.39 is 5.82 Å².